The summed E-state index contributed by atoms with van der Waals surface area (Å²) in [6.45, 7) is 3.84. The zero-order valence-electron chi connectivity index (χ0n) is 8.57. The largest absolute Gasteiger partial charge is 0.329 e. The second-order valence-electron chi connectivity index (χ2n) is 3.76. The van der Waals surface area contributed by atoms with Crippen molar-refractivity contribution in [3.05, 3.63) is 0 Å². The van der Waals surface area contributed by atoms with Crippen LogP contribution >= 0.6 is 0 Å². The van der Waals surface area contributed by atoms with Gasteiger partial charge in [0, 0.05) is 45.0 Å². The molecule has 3 N–H and O–H groups in total. The molecule has 1 aliphatic rings. The molecular weight excluding hydrogens is 202 g/mol. The molecule has 0 aromatic carbocycles. The van der Waals surface area contributed by atoms with Crippen LogP contribution in [0.15, 0.2) is 0 Å². The van der Waals surface area contributed by atoms with E-state index in [1.165, 1.54) is 6.26 Å². The predicted molar refractivity (Wildman–Crippen MR) is 57.0 cm³/mol. The van der Waals surface area contributed by atoms with Gasteiger partial charge in [0.05, 0.1) is 5.75 Å². The quantitative estimate of drug-likeness (QED) is 0.590. The minimum absolute atomic E-state index is 0.226. The van der Waals surface area contributed by atoms with Gasteiger partial charge in [0.2, 0.25) is 0 Å². The molecule has 0 aliphatic carbocycles. The maximum absolute atomic E-state index is 11.0. The van der Waals surface area contributed by atoms with E-state index in [1.807, 2.05) is 0 Å². The van der Waals surface area contributed by atoms with Crippen molar-refractivity contribution in [2.75, 3.05) is 44.7 Å². The van der Waals surface area contributed by atoms with E-state index >= 15 is 0 Å². The van der Waals surface area contributed by atoms with Gasteiger partial charge < -0.3 is 11.1 Å². The van der Waals surface area contributed by atoms with Crippen LogP contribution in [0.25, 0.3) is 0 Å². The number of nitrogens with one attached hydrogen (secondary N) is 1. The second-order valence-corrected chi connectivity index (χ2v) is 6.02. The Morgan fingerprint density at radius 3 is 2.86 bits per heavy atom. The van der Waals surface area contributed by atoms with Crippen LogP contribution in [0.2, 0.25) is 0 Å². The molecule has 0 amide bonds. The van der Waals surface area contributed by atoms with Crippen molar-refractivity contribution in [2.45, 2.75) is 6.04 Å². The smallest absolute Gasteiger partial charge is 0.148 e. The average molecular weight is 221 g/mol. The second kappa shape index (κ2) is 5.06. The number of hydrogen-bond donors (Lipinski definition) is 2. The van der Waals surface area contributed by atoms with Crippen molar-refractivity contribution in [3.8, 4) is 0 Å². The minimum Gasteiger partial charge on any atom is -0.329 e. The van der Waals surface area contributed by atoms with E-state index in [1.54, 1.807) is 0 Å². The molecule has 1 heterocycles. The first-order valence-electron chi connectivity index (χ1n) is 4.85. The lowest BCUT2D eigenvalue weighted by molar-refractivity contribution is 0.175. The van der Waals surface area contributed by atoms with Gasteiger partial charge in [-0.05, 0) is 0 Å². The molecule has 0 bridgehead atoms. The van der Waals surface area contributed by atoms with Crippen molar-refractivity contribution in [1.29, 1.82) is 0 Å². The summed E-state index contributed by atoms with van der Waals surface area (Å²) in [5.41, 5.74) is 5.60. The zero-order chi connectivity index (χ0) is 10.6. The summed E-state index contributed by atoms with van der Waals surface area (Å²) in [6.07, 6.45) is 1.27. The van der Waals surface area contributed by atoms with Crippen molar-refractivity contribution in [3.63, 3.8) is 0 Å². The van der Waals surface area contributed by atoms with Crippen LogP contribution in [0.5, 0.6) is 0 Å². The zero-order valence-corrected chi connectivity index (χ0v) is 9.39. The van der Waals surface area contributed by atoms with Gasteiger partial charge in [0.25, 0.3) is 0 Å². The first kappa shape index (κ1) is 11.9. The summed E-state index contributed by atoms with van der Waals surface area (Å²) in [6, 6.07) is 0.283. The minimum atomic E-state index is -2.86. The molecule has 5 nitrogen and oxygen atoms in total. The fourth-order valence-electron chi connectivity index (χ4n) is 1.61. The Balaban J connectivity index is 2.41. The van der Waals surface area contributed by atoms with E-state index in [-0.39, 0.29) is 11.8 Å². The highest BCUT2D eigenvalue weighted by Gasteiger charge is 2.21. The van der Waals surface area contributed by atoms with Gasteiger partial charge in [-0.25, -0.2) is 8.42 Å². The van der Waals surface area contributed by atoms with E-state index in [0.29, 0.717) is 13.1 Å². The number of nitrogens with zero attached hydrogens (tertiary/aromatic N) is 1. The third-order valence-electron chi connectivity index (χ3n) is 2.49. The van der Waals surface area contributed by atoms with Crippen molar-refractivity contribution in [1.82, 2.24) is 10.2 Å². The van der Waals surface area contributed by atoms with Gasteiger partial charge in [0.15, 0.2) is 0 Å². The summed E-state index contributed by atoms with van der Waals surface area (Å²) < 4.78 is 22.0. The number of rotatable bonds is 4. The van der Waals surface area contributed by atoms with Crippen LogP contribution in [0.4, 0.5) is 0 Å². The van der Waals surface area contributed by atoms with Crippen molar-refractivity contribution >= 4 is 9.84 Å². The molecule has 0 aromatic rings. The lowest BCUT2D eigenvalue weighted by Crippen LogP contribution is -2.55. The number of hydrogen-bond acceptors (Lipinski definition) is 5. The van der Waals surface area contributed by atoms with E-state index in [4.69, 9.17) is 5.73 Å². The van der Waals surface area contributed by atoms with Crippen molar-refractivity contribution in [2.24, 2.45) is 5.73 Å². The first-order chi connectivity index (χ1) is 6.53. The Morgan fingerprint density at radius 1 is 1.57 bits per heavy atom. The average Bonchev–Trinajstić information content (AvgIpc) is 2.14. The van der Waals surface area contributed by atoms with Crippen LogP contribution in [-0.4, -0.2) is 64.1 Å². The molecule has 0 spiro atoms. The molecule has 84 valence electrons. The molecule has 14 heavy (non-hydrogen) atoms. The molecular formula is C8H19N3O2S. The third-order valence-corrected chi connectivity index (χ3v) is 3.42. The highest BCUT2D eigenvalue weighted by Crippen LogP contribution is 2.01. The lowest BCUT2D eigenvalue weighted by Gasteiger charge is -2.35. The Morgan fingerprint density at radius 2 is 2.29 bits per heavy atom. The fraction of sp³-hybridized carbons (Fsp3) is 1.00. The molecule has 0 radical (unpaired) electrons. The summed E-state index contributed by atoms with van der Waals surface area (Å²) in [5.74, 6) is 0.226. The number of nitrogens with two attached hydrogens (primary N) is 1. The fourth-order valence-corrected chi connectivity index (χ4v) is 2.18. The van der Waals surface area contributed by atoms with Crippen LogP contribution in [-0.2, 0) is 9.84 Å². The lowest BCUT2D eigenvalue weighted by atomic mass is 10.2. The molecule has 0 aromatic heterocycles. The Hall–Kier alpha value is -0.170. The van der Waals surface area contributed by atoms with E-state index < -0.39 is 9.84 Å². The predicted octanol–water partition coefficient (Wildman–Crippen LogP) is -1.74. The normalized spacial score (nSPS) is 25.1. The van der Waals surface area contributed by atoms with E-state index in [2.05, 4.69) is 10.2 Å². The SMILES string of the molecule is CS(=O)(=O)CCN1CCNCC1CN. The Bertz CT molecular complexity index is 266. The van der Waals surface area contributed by atoms with Crippen LogP contribution < -0.4 is 11.1 Å². The molecule has 6 heteroatoms. The van der Waals surface area contributed by atoms with E-state index in [0.717, 1.165) is 19.6 Å². The summed E-state index contributed by atoms with van der Waals surface area (Å²) >= 11 is 0. The Kier molecular flexibility index (Phi) is 4.31. The van der Waals surface area contributed by atoms with Gasteiger partial charge >= 0.3 is 0 Å². The molecule has 0 saturated carbocycles. The van der Waals surface area contributed by atoms with Gasteiger partial charge in [0.1, 0.15) is 9.84 Å². The standard InChI is InChI=1S/C8H19N3O2S/c1-14(12,13)5-4-11-3-2-10-7-8(11)6-9/h8,10H,2-7,9H2,1H3. The third kappa shape index (κ3) is 3.91. The molecule has 1 aliphatic heterocycles. The summed E-state index contributed by atoms with van der Waals surface area (Å²) in [5, 5.41) is 3.24. The molecule has 1 rings (SSSR count). The van der Waals surface area contributed by atoms with Gasteiger partial charge in [-0.15, -0.1) is 0 Å². The Labute approximate surface area is 85.6 Å². The number of sulfone groups is 1. The monoisotopic (exact) mass is 221 g/mol. The number of piperazine rings is 1. The maximum Gasteiger partial charge on any atom is 0.148 e. The summed E-state index contributed by atoms with van der Waals surface area (Å²) in [4.78, 5) is 2.15. The topological polar surface area (TPSA) is 75.4 Å². The maximum atomic E-state index is 11.0. The highest BCUT2D eigenvalue weighted by molar-refractivity contribution is 7.90. The van der Waals surface area contributed by atoms with E-state index in [9.17, 15) is 8.42 Å². The highest BCUT2D eigenvalue weighted by atomic mass is 32.2. The first-order valence-corrected chi connectivity index (χ1v) is 6.91. The molecule has 1 atom stereocenters. The van der Waals surface area contributed by atoms with Crippen LogP contribution in [0.1, 0.15) is 0 Å². The molecule has 1 fully saturated rings. The van der Waals surface area contributed by atoms with Gasteiger partial charge in [-0.2, -0.15) is 0 Å². The molecule has 1 saturated heterocycles. The summed E-state index contributed by atoms with van der Waals surface area (Å²) in [7, 11) is -2.86. The van der Waals surface area contributed by atoms with Gasteiger partial charge in [-0.3, -0.25) is 4.90 Å². The van der Waals surface area contributed by atoms with Gasteiger partial charge in [-0.1, -0.05) is 0 Å². The van der Waals surface area contributed by atoms with Crippen LogP contribution in [0, 0.1) is 0 Å². The van der Waals surface area contributed by atoms with Crippen molar-refractivity contribution < 1.29 is 8.42 Å². The van der Waals surface area contributed by atoms with Crippen LogP contribution in [0.3, 0.4) is 0 Å². The molecule has 1 unspecified atom stereocenters.